The summed E-state index contributed by atoms with van der Waals surface area (Å²) in [4.78, 5) is 10.6. The zero-order chi connectivity index (χ0) is 15.4. The minimum atomic E-state index is -0.502. The lowest BCUT2D eigenvalue weighted by molar-refractivity contribution is -0.386. The summed E-state index contributed by atoms with van der Waals surface area (Å²) in [5.41, 5.74) is 1.07. The van der Waals surface area contributed by atoms with Crippen LogP contribution in [0.2, 0.25) is 0 Å². The summed E-state index contributed by atoms with van der Waals surface area (Å²) in [7, 11) is 1.75. The lowest BCUT2D eigenvalue weighted by atomic mass is 10.2. The van der Waals surface area contributed by atoms with E-state index in [0.717, 1.165) is 0 Å². The number of para-hydroxylation sites is 1. The number of nitro benzene ring substituents is 1. The fourth-order valence-electron chi connectivity index (χ4n) is 2.06. The van der Waals surface area contributed by atoms with Gasteiger partial charge in [0.1, 0.15) is 11.6 Å². The molecule has 110 valence electrons. The van der Waals surface area contributed by atoms with Crippen LogP contribution in [-0.4, -0.2) is 12.0 Å². The Morgan fingerprint density at radius 3 is 2.76 bits per heavy atom. The molecule has 0 atom stereocenters. The standard InChI is InChI=1S/C15H15FN2O3/c1-10-4-3-5-14(15(10)18(19)20)21-13-7-11(9-17-2)6-12(16)8-13/h3-8,17H,9H2,1-2H3. The Kier molecular flexibility index (Phi) is 4.49. The molecule has 0 bridgehead atoms. The number of nitrogens with zero attached hydrogens (tertiary/aromatic N) is 1. The molecular weight excluding hydrogens is 275 g/mol. The number of benzene rings is 2. The maximum absolute atomic E-state index is 13.6. The summed E-state index contributed by atoms with van der Waals surface area (Å²) >= 11 is 0. The maximum atomic E-state index is 13.6. The highest BCUT2D eigenvalue weighted by Gasteiger charge is 2.19. The van der Waals surface area contributed by atoms with Gasteiger partial charge in [-0.05, 0) is 37.7 Å². The van der Waals surface area contributed by atoms with Crippen LogP contribution in [0, 0.1) is 22.9 Å². The van der Waals surface area contributed by atoms with E-state index < -0.39 is 10.7 Å². The van der Waals surface area contributed by atoms with Crippen molar-refractivity contribution in [2.24, 2.45) is 0 Å². The Labute approximate surface area is 121 Å². The van der Waals surface area contributed by atoms with Gasteiger partial charge in [0.2, 0.25) is 5.75 Å². The molecule has 2 aromatic rings. The van der Waals surface area contributed by atoms with Crippen LogP contribution in [0.15, 0.2) is 36.4 Å². The van der Waals surface area contributed by atoms with E-state index in [0.29, 0.717) is 17.7 Å². The van der Waals surface area contributed by atoms with Crippen molar-refractivity contribution in [1.29, 1.82) is 0 Å². The molecular formula is C15H15FN2O3. The SMILES string of the molecule is CNCc1cc(F)cc(Oc2cccc(C)c2[N+](=O)[O-])c1. The van der Waals surface area contributed by atoms with Crippen molar-refractivity contribution in [3.05, 3.63) is 63.5 Å². The van der Waals surface area contributed by atoms with Crippen molar-refractivity contribution < 1.29 is 14.1 Å². The van der Waals surface area contributed by atoms with Crippen molar-refractivity contribution in [3.63, 3.8) is 0 Å². The average Bonchev–Trinajstić information content (AvgIpc) is 2.37. The molecule has 0 heterocycles. The first-order valence-corrected chi connectivity index (χ1v) is 6.37. The van der Waals surface area contributed by atoms with E-state index in [4.69, 9.17) is 4.74 Å². The van der Waals surface area contributed by atoms with E-state index in [9.17, 15) is 14.5 Å². The molecule has 0 radical (unpaired) electrons. The quantitative estimate of drug-likeness (QED) is 0.675. The molecule has 1 N–H and O–H groups in total. The number of nitrogens with one attached hydrogen (secondary N) is 1. The summed E-state index contributed by atoms with van der Waals surface area (Å²) in [6.07, 6.45) is 0. The number of ether oxygens (including phenoxy) is 1. The van der Waals surface area contributed by atoms with Gasteiger partial charge in [-0.1, -0.05) is 12.1 Å². The molecule has 6 heteroatoms. The van der Waals surface area contributed by atoms with E-state index in [1.165, 1.54) is 18.2 Å². The van der Waals surface area contributed by atoms with E-state index in [1.54, 1.807) is 32.2 Å². The molecule has 0 aliphatic heterocycles. The van der Waals surface area contributed by atoms with Gasteiger partial charge in [0.05, 0.1) is 4.92 Å². The summed E-state index contributed by atoms with van der Waals surface area (Å²) in [5, 5.41) is 14.0. The highest BCUT2D eigenvalue weighted by Crippen LogP contribution is 2.34. The van der Waals surface area contributed by atoms with Crippen molar-refractivity contribution in [2.75, 3.05) is 7.05 Å². The molecule has 0 amide bonds. The Balaban J connectivity index is 2.38. The van der Waals surface area contributed by atoms with Crippen LogP contribution >= 0.6 is 0 Å². The van der Waals surface area contributed by atoms with Gasteiger partial charge >= 0.3 is 5.69 Å². The first-order chi connectivity index (χ1) is 10.0. The second-order valence-corrected chi connectivity index (χ2v) is 4.61. The van der Waals surface area contributed by atoms with Crippen LogP contribution in [0.3, 0.4) is 0 Å². The lowest BCUT2D eigenvalue weighted by Gasteiger charge is -2.09. The second-order valence-electron chi connectivity index (χ2n) is 4.61. The third-order valence-corrected chi connectivity index (χ3v) is 2.92. The number of aryl methyl sites for hydroxylation is 1. The van der Waals surface area contributed by atoms with E-state index in [-0.39, 0.29) is 17.2 Å². The van der Waals surface area contributed by atoms with Crippen LogP contribution < -0.4 is 10.1 Å². The largest absolute Gasteiger partial charge is 0.450 e. The number of rotatable bonds is 5. The third kappa shape index (κ3) is 3.55. The highest BCUT2D eigenvalue weighted by atomic mass is 19.1. The number of halogens is 1. The molecule has 0 saturated carbocycles. The number of hydrogen-bond acceptors (Lipinski definition) is 4. The molecule has 0 aliphatic carbocycles. The molecule has 0 aromatic heterocycles. The molecule has 0 unspecified atom stereocenters. The van der Waals surface area contributed by atoms with Crippen LogP contribution in [-0.2, 0) is 6.54 Å². The van der Waals surface area contributed by atoms with E-state index >= 15 is 0 Å². The topological polar surface area (TPSA) is 64.4 Å². The Bertz CT molecular complexity index is 674. The van der Waals surface area contributed by atoms with Crippen LogP contribution in [0.25, 0.3) is 0 Å². The number of nitro groups is 1. The fourth-order valence-corrected chi connectivity index (χ4v) is 2.06. The van der Waals surface area contributed by atoms with Gasteiger partial charge in [0.25, 0.3) is 0 Å². The first kappa shape index (κ1) is 14.9. The Morgan fingerprint density at radius 1 is 1.33 bits per heavy atom. The van der Waals surface area contributed by atoms with Crippen LogP contribution in [0.1, 0.15) is 11.1 Å². The molecule has 0 spiro atoms. The van der Waals surface area contributed by atoms with Crippen molar-refractivity contribution >= 4 is 5.69 Å². The van der Waals surface area contributed by atoms with E-state index in [1.807, 2.05) is 0 Å². The second kappa shape index (κ2) is 6.32. The van der Waals surface area contributed by atoms with Crippen molar-refractivity contribution in [1.82, 2.24) is 5.32 Å². The van der Waals surface area contributed by atoms with Gasteiger partial charge in [-0.3, -0.25) is 10.1 Å². The summed E-state index contributed by atoms with van der Waals surface area (Å²) < 4.78 is 19.1. The normalized spacial score (nSPS) is 10.4. The van der Waals surface area contributed by atoms with Crippen molar-refractivity contribution in [2.45, 2.75) is 13.5 Å². The van der Waals surface area contributed by atoms with Gasteiger partial charge in [-0.25, -0.2) is 4.39 Å². The predicted molar refractivity (Wildman–Crippen MR) is 77.1 cm³/mol. The minimum absolute atomic E-state index is 0.0982. The van der Waals surface area contributed by atoms with Crippen LogP contribution in [0.4, 0.5) is 10.1 Å². The molecule has 2 rings (SSSR count). The molecule has 0 fully saturated rings. The average molecular weight is 290 g/mol. The van der Waals surface area contributed by atoms with Gasteiger partial charge < -0.3 is 10.1 Å². The first-order valence-electron chi connectivity index (χ1n) is 6.37. The zero-order valence-electron chi connectivity index (χ0n) is 11.7. The summed E-state index contributed by atoms with van der Waals surface area (Å²) in [6.45, 7) is 2.10. The molecule has 0 saturated heterocycles. The maximum Gasteiger partial charge on any atom is 0.314 e. The summed E-state index contributed by atoms with van der Waals surface area (Å²) in [6, 6.07) is 9.01. The van der Waals surface area contributed by atoms with Crippen molar-refractivity contribution in [3.8, 4) is 11.5 Å². The van der Waals surface area contributed by atoms with Gasteiger partial charge in [0.15, 0.2) is 0 Å². The fraction of sp³-hybridized carbons (Fsp3) is 0.200. The minimum Gasteiger partial charge on any atom is -0.450 e. The molecule has 0 aliphatic rings. The van der Waals surface area contributed by atoms with Gasteiger partial charge in [-0.2, -0.15) is 0 Å². The Hall–Kier alpha value is -2.47. The van der Waals surface area contributed by atoms with Gasteiger partial charge in [0, 0.05) is 18.2 Å². The highest BCUT2D eigenvalue weighted by molar-refractivity contribution is 5.53. The monoisotopic (exact) mass is 290 g/mol. The molecule has 5 nitrogen and oxygen atoms in total. The molecule has 2 aromatic carbocycles. The van der Waals surface area contributed by atoms with E-state index in [2.05, 4.69) is 5.32 Å². The van der Waals surface area contributed by atoms with Gasteiger partial charge in [-0.15, -0.1) is 0 Å². The summed E-state index contributed by atoms with van der Waals surface area (Å²) in [5.74, 6) is -0.122. The smallest absolute Gasteiger partial charge is 0.314 e. The zero-order valence-corrected chi connectivity index (χ0v) is 11.7. The van der Waals surface area contributed by atoms with Crippen LogP contribution in [0.5, 0.6) is 11.5 Å². The predicted octanol–water partition coefficient (Wildman–Crippen LogP) is 3.55. The number of hydrogen-bond donors (Lipinski definition) is 1. The lowest BCUT2D eigenvalue weighted by Crippen LogP contribution is -2.05. The molecule has 21 heavy (non-hydrogen) atoms. The Morgan fingerprint density at radius 2 is 2.10 bits per heavy atom. The third-order valence-electron chi connectivity index (χ3n) is 2.92.